The number of alkyl halides is 1. The average Bonchev–Trinajstić information content (AvgIpc) is 3.10. The van der Waals surface area contributed by atoms with Crippen LogP contribution in [0.3, 0.4) is 0 Å². The first-order valence-corrected chi connectivity index (χ1v) is 13.9. The first-order valence-electron chi connectivity index (χ1n) is 12.2. The number of carbonyl (C=O) groups is 2. The van der Waals surface area contributed by atoms with Crippen LogP contribution < -0.4 is 15.6 Å². The van der Waals surface area contributed by atoms with Gasteiger partial charge in [0.1, 0.15) is 36.0 Å². The summed E-state index contributed by atoms with van der Waals surface area (Å²) in [5.41, 5.74) is 4.31. The van der Waals surface area contributed by atoms with E-state index in [1.54, 1.807) is 44.2 Å². The molecule has 1 unspecified atom stereocenters. The van der Waals surface area contributed by atoms with Gasteiger partial charge in [-0.25, -0.2) is 8.96 Å². The molecule has 1 amide bonds. The maximum absolute atomic E-state index is 14.3. The second-order valence-electron chi connectivity index (χ2n) is 9.70. The third-order valence-electron chi connectivity index (χ3n) is 6.09. The van der Waals surface area contributed by atoms with E-state index in [-0.39, 0.29) is 23.8 Å². The molecule has 11 nitrogen and oxygen atoms in total. The second kappa shape index (κ2) is 12.0. The van der Waals surface area contributed by atoms with E-state index < -0.39 is 62.1 Å². The first kappa shape index (κ1) is 29.8. The fourth-order valence-electron chi connectivity index (χ4n) is 4.16. The van der Waals surface area contributed by atoms with Crippen LogP contribution in [0, 0.1) is 5.92 Å². The Morgan fingerprint density at radius 3 is 2.55 bits per heavy atom. The van der Waals surface area contributed by atoms with Crippen molar-refractivity contribution in [2.45, 2.75) is 63.9 Å². The topological polar surface area (TPSA) is 150 Å². The molecule has 4 N–H and O–H groups in total. The molecule has 1 saturated heterocycles. The van der Waals surface area contributed by atoms with E-state index in [0.29, 0.717) is 0 Å². The van der Waals surface area contributed by atoms with E-state index in [0.717, 1.165) is 0 Å². The summed E-state index contributed by atoms with van der Waals surface area (Å²) in [6.07, 6.45) is -3.50. The summed E-state index contributed by atoms with van der Waals surface area (Å²) in [7, 11) is -4.08. The molecule has 3 rings (SSSR count). The lowest BCUT2D eigenvalue weighted by atomic mass is 9.90. The fraction of sp³-hybridized carbons (Fsp3) is 0.520. The summed E-state index contributed by atoms with van der Waals surface area (Å²) in [6, 6.07) is 8.25. The molecule has 1 aromatic carbocycles. The number of nitrogens with one attached hydrogen (secondary N) is 1. The SMILES string of the molecule is C=C1NC(=O)C=CN1[C@@H]1O[C@H]([C@@H](C)O[P@](=O)(C[C@@H](C)C(=O)OC(C)C)Oc2ccccc2)[C@H](O)C1(N)CF. The predicted molar refractivity (Wildman–Crippen MR) is 136 cm³/mol. The van der Waals surface area contributed by atoms with Gasteiger partial charge >= 0.3 is 13.6 Å². The Balaban J connectivity index is 1.85. The number of esters is 1. The van der Waals surface area contributed by atoms with E-state index in [1.165, 1.54) is 31.0 Å². The van der Waals surface area contributed by atoms with Crippen LogP contribution >= 0.6 is 7.60 Å². The largest absolute Gasteiger partial charge is 0.463 e. The Morgan fingerprint density at radius 2 is 1.97 bits per heavy atom. The van der Waals surface area contributed by atoms with Crippen LogP contribution in [-0.2, 0) is 28.2 Å². The molecule has 13 heteroatoms. The molecule has 0 bridgehead atoms. The van der Waals surface area contributed by atoms with Crippen molar-refractivity contribution < 1.29 is 42.2 Å². The van der Waals surface area contributed by atoms with Gasteiger partial charge in [-0.2, -0.15) is 0 Å². The maximum Gasteiger partial charge on any atom is 0.380 e. The van der Waals surface area contributed by atoms with Gasteiger partial charge in [0.15, 0.2) is 6.23 Å². The van der Waals surface area contributed by atoms with E-state index in [1.807, 2.05) is 0 Å². The van der Waals surface area contributed by atoms with Crippen molar-refractivity contribution in [3.8, 4) is 5.75 Å². The normalized spacial score (nSPS) is 28.5. The number of aliphatic hydroxyl groups excluding tert-OH is 1. The van der Waals surface area contributed by atoms with Gasteiger partial charge in [-0.05, 0) is 32.9 Å². The van der Waals surface area contributed by atoms with Gasteiger partial charge in [0.2, 0.25) is 0 Å². The van der Waals surface area contributed by atoms with Crippen molar-refractivity contribution in [2.75, 3.05) is 12.8 Å². The smallest absolute Gasteiger partial charge is 0.380 e. The number of para-hydroxylation sites is 1. The standard InChI is InChI=1S/C25H35FN3O8P/c1-15(2)34-23(32)16(3)13-38(33,37-19-9-7-6-8-10-19)36-17(4)21-22(31)25(27,14-26)24(35-21)29-12-11-20(30)28-18(29)5/h6-12,15-17,21-22,24,31H,5,13-14,27H2,1-4H3,(H,28,30)/t16-,17-,21-,22+,24-,25?,38-/m1/s1. The lowest BCUT2D eigenvalue weighted by Crippen LogP contribution is -2.63. The zero-order valence-corrected chi connectivity index (χ0v) is 22.7. The Kier molecular flexibility index (Phi) is 9.38. The second-order valence-corrected chi connectivity index (χ2v) is 11.7. The third kappa shape index (κ3) is 6.62. The van der Waals surface area contributed by atoms with Crippen LogP contribution in [0.5, 0.6) is 5.75 Å². The molecule has 2 heterocycles. The molecule has 0 saturated carbocycles. The molecule has 0 spiro atoms. The number of benzene rings is 1. The molecule has 38 heavy (non-hydrogen) atoms. The first-order chi connectivity index (χ1) is 17.8. The van der Waals surface area contributed by atoms with Crippen molar-refractivity contribution in [3.63, 3.8) is 0 Å². The fourth-order valence-corrected chi connectivity index (χ4v) is 6.25. The zero-order valence-electron chi connectivity index (χ0n) is 21.8. The summed E-state index contributed by atoms with van der Waals surface area (Å²) >= 11 is 0. The van der Waals surface area contributed by atoms with Crippen LogP contribution in [0.1, 0.15) is 27.7 Å². The molecular formula is C25H35FN3O8P. The van der Waals surface area contributed by atoms with Crippen molar-refractivity contribution in [3.05, 3.63) is 55.0 Å². The van der Waals surface area contributed by atoms with Crippen molar-refractivity contribution in [1.82, 2.24) is 10.2 Å². The van der Waals surface area contributed by atoms with Crippen LogP contribution in [0.25, 0.3) is 0 Å². The van der Waals surface area contributed by atoms with Gasteiger partial charge in [0, 0.05) is 12.3 Å². The number of hydrogen-bond acceptors (Lipinski definition) is 10. The minimum absolute atomic E-state index is 0.0720. The highest BCUT2D eigenvalue weighted by Crippen LogP contribution is 2.52. The molecule has 2 aliphatic rings. The Bertz CT molecular complexity index is 1100. The summed E-state index contributed by atoms with van der Waals surface area (Å²) < 4.78 is 51.0. The van der Waals surface area contributed by atoms with Crippen molar-refractivity contribution in [1.29, 1.82) is 0 Å². The van der Waals surface area contributed by atoms with Gasteiger partial charge in [0.25, 0.3) is 5.91 Å². The molecule has 7 atom stereocenters. The molecule has 1 aromatic rings. The number of rotatable bonds is 11. The minimum atomic E-state index is -4.08. The third-order valence-corrected chi connectivity index (χ3v) is 8.22. The van der Waals surface area contributed by atoms with E-state index in [2.05, 4.69) is 11.9 Å². The van der Waals surface area contributed by atoms with Crippen molar-refractivity contribution in [2.24, 2.45) is 11.7 Å². The van der Waals surface area contributed by atoms with Gasteiger partial charge in [0.05, 0.1) is 24.3 Å². The lowest BCUT2D eigenvalue weighted by molar-refractivity contribution is -0.151. The number of aliphatic hydroxyl groups is 1. The quantitative estimate of drug-likeness (QED) is 0.274. The van der Waals surface area contributed by atoms with Crippen LogP contribution in [0.4, 0.5) is 4.39 Å². The molecular weight excluding hydrogens is 520 g/mol. The maximum atomic E-state index is 14.3. The number of nitrogens with zero attached hydrogens (tertiary/aromatic N) is 1. The number of carbonyl (C=O) groups excluding carboxylic acids is 2. The predicted octanol–water partition coefficient (Wildman–Crippen LogP) is 2.42. The van der Waals surface area contributed by atoms with Gasteiger partial charge in [-0.1, -0.05) is 31.7 Å². The highest BCUT2D eigenvalue weighted by molar-refractivity contribution is 7.54. The number of ether oxygens (including phenoxy) is 2. The zero-order chi connectivity index (χ0) is 28.3. The summed E-state index contributed by atoms with van der Waals surface area (Å²) in [5, 5.41) is 13.5. The number of amides is 1. The van der Waals surface area contributed by atoms with Crippen molar-refractivity contribution >= 4 is 19.5 Å². The highest BCUT2D eigenvalue weighted by Gasteiger charge is 2.59. The molecule has 1 fully saturated rings. The van der Waals surface area contributed by atoms with Gasteiger partial charge < -0.3 is 35.1 Å². The summed E-state index contributed by atoms with van der Waals surface area (Å²) in [6.45, 7) is 8.93. The van der Waals surface area contributed by atoms with Crippen LogP contribution in [-0.4, -0.2) is 70.9 Å². The Labute approximate surface area is 221 Å². The molecule has 0 aromatic heterocycles. The summed E-state index contributed by atoms with van der Waals surface area (Å²) in [4.78, 5) is 25.4. The monoisotopic (exact) mass is 555 g/mol. The van der Waals surface area contributed by atoms with E-state index in [4.69, 9.17) is 24.3 Å². The Morgan fingerprint density at radius 1 is 1.32 bits per heavy atom. The van der Waals surface area contributed by atoms with E-state index >= 15 is 0 Å². The van der Waals surface area contributed by atoms with Gasteiger partial charge in [-0.3, -0.25) is 14.1 Å². The number of nitrogens with two attached hydrogens (primary N) is 1. The summed E-state index contributed by atoms with van der Waals surface area (Å²) in [5.74, 6) is -1.57. The molecule has 0 radical (unpaired) electrons. The number of halogens is 1. The molecule has 210 valence electrons. The average molecular weight is 556 g/mol. The lowest BCUT2D eigenvalue weighted by Gasteiger charge is -2.38. The highest BCUT2D eigenvalue weighted by atomic mass is 31.2. The Hall–Kier alpha value is -2.76. The van der Waals surface area contributed by atoms with Gasteiger partial charge in [-0.15, -0.1) is 0 Å². The van der Waals surface area contributed by atoms with E-state index in [9.17, 15) is 23.7 Å². The van der Waals surface area contributed by atoms with Crippen LogP contribution in [0.2, 0.25) is 0 Å². The molecule has 0 aliphatic carbocycles. The van der Waals surface area contributed by atoms with Crippen LogP contribution in [0.15, 0.2) is 55.0 Å². The molecule has 2 aliphatic heterocycles. The minimum Gasteiger partial charge on any atom is -0.463 e. The number of hydrogen-bond donors (Lipinski definition) is 3.